The quantitative estimate of drug-likeness (QED) is 0.710. The number of halogens is 2. The van der Waals surface area contributed by atoms with E-state index >= 15 is 0 Å². The first-order valence-electron chi connectivity index (χ1n) is 5.58. The van der Waals surface area contributed by atoms with Crippen LogP contribution in [0.5, 0.6) is 0 Å². The van der Waals surface area contributed by atoms with Crippen molar-refractivity contribution >= 4 is 45.2 Å². The minimum atomic E-state index is 0.535. The maximum absolute atomic E-state index is 3.40. The summed E-state index contributed by atoms with van der Waals surface area (Å²) in [5.74, 6) is 0. The Morgan fingerprint density at radius 3 is 2.50 bits per heavy atom. The summed E-state index contributed by atoms with van der Waals surface area (Å²) in [5, 5.41) is 3.40. The fourth-order valence-corrected chi connectivity index (χ4v) is 2.93. The van der Waals surface area contributed by atoms with Gasteiger partial charge in [-0.3, -0.25) is 4.90 Å². The highest BCUT2D eigenvalue weighted by molar-refractivity contribution is 14.1. The summed E-state index contributed by atoms with van der Waals surface area (Å²) in [4.78, 5) is 2.55. The number of benzene rings is 1. The highest BCUT2D eigenvalue weighted by Crippen LogP contribution is 2.24. The topological polar surface area (TPSA) is 15.3 Å². The molecule has 0 aliphatic carbocycles. The van der Waals surface area contributed by atoms with Gasteiger partial charge >= 0.3 is 0 Å². The van der Waals surface area contributed by atoms with Gasteiger partial charge in [-0.1, -0.05) is 6.07 Å². The molecule has 1 atom stereocenters. The highest BCUT2D eigenvalue weighted by Gasteiger charge is 2.18. The zero-order valence-corrected chi connectivity index (χ0v) is 13.7. The van der Waals surface area contributed by atoms with Gasteiger partial charge in [-0.25, -0.2) is 0 Å². The second kappa shape index (κ2) is 5.97. The number of nitrogens with zero attached hydrogens (tertiary/aromatic N) is 1. The summed E-state index contributed by atoms with van der Waals surface area (Å²) in [7, 11) is 0. The van der Waals surface area contributed by atoms with Gasteiger partial charge in [0.15, 0.2) is 0 Å². The first-order valence-corrected chi connectivity index (χ1v) is 7.74. The monoisotopic (exact) mass is 442 g/mol. The van der Waals surface area contributed by atoms with Crippen LogP contribution in [0.3, 0.4) is 0 Å². The summed E-state index contributed by atoms with van der Waals surface area (Å²) < 4.78 is 2.70. The van der Waals surface area contributed by atoms with Crippen LogP contribution in [0.25, 0.3) is 0 Å². The molecule has 1 saturated heterocycles. The third-order valence-electron chi connectivity index (χ3n) is 3.13. The van der Waals surface area contributed by atoms with Crippen molar-refractivity contribution < 1.29 is 0 Å². The van der Waals surface area contributed by atoms with Crippen molar-refractivity contribution in [3.05, 3.63) is 30.9 Å². The van der Waals surface area contributed by atoms with Gasteiger partial charge in [0, 0.05) is 39.4 Å². The lowest BCUT2D eigenvalue weighted by Gasteiger charge is -2.33. The predicted molar refractivity (Wildman–Crippen MR) is 84.7 cm³/mol. The van der Waals surface area contributed by atoms with E-state index in [0.717, 1.165) is 26.2 Å². The van der Waals surface area contributed by atoms with Crippen LogP contribution in [-0.2, 0) is 0 Å². The number of rotatable bonds is 2. The normalized spacial score (nSPS) is 19.7. The molecular formula is C12H16I2N2. The Labute approximate surface area is 124 Å². The number of hydrogen-bond acceptors (Lipinski definition) is 2. The lowest BCUT2D eigenvalue weighted by Crippen LogP contribution is -2.44. The van der Waals surface area contributed by atoms with Gasteiger partial charge in [-0.15, -0.1) is 0 Å². The lowest BCUT2D eigenvalue weighted by atomic mass is 10.1. The van der Waals surface area contributed by atoms with Gasteiger partial charge in [0.1, 0.15) is 0 Å². The molecule has 0 amide bonds. The SMILES string of the molecule is CC(c1ccc(I)c(I)c1)N1CCNCC1. The van der Waals surface area contributed by atoms with Gasteiger partial charge in [0.2, 0.25) is 0 Å². The zero-order valence-electron chi connectivity index (χ0n) is 9.34. The van der Waals surface area contributed by atoms with Gasteiger partial charge < -0.3 is 5.32 Å². The Hall–Kier alpha value is 0.600. The molecule has 1 aromatic carbocycles. The Morgan fingerprint density at radius 1 is 1.19 bits per heavy atom. The minimum Gasteiger partial charge on any atom is -0.314 e. The van der Waals surface area contributed by atoms with Crippen LogP contribution in [0.15, 0.2) is 18.2 Å². The first-order chi connectivity index (χ1) is 7.68. The van der Waals surface area contributed by atoms with Crippen molar-refractivity contribution in [1.29, 1.82) is 0 Å². The number of piperazine rings is 1. The van der Waals surface area contributed by atoms with E-state index in [0.29, 0.717) is 6.04 Å². The Morgan fingerprint density at radius 2 is 1.88 bits per heavy atom. The molecule has 4 heteroatoms. The molecule has 1 fully saturated rings. The van der Waals surface area contributed by atoms with Crippen molar-refractivity contribution in [3.63, 3.8) is 0 Å². The molecule has 0 saturated carbocycles. The number of nitrogens with one attached hydrogen (secondary N) is 1. The molecule has 1 N–H and O–H groups in total. The Kier molecular flexibility index (Phi) is 4.87. The van der Waals surface area contributed by atoms with E-state index in [4.69, 9.17) is 0 Å². The second-order valence-corrected chi connectivity index (χ2v) is 6.46. The van der Waals surface area contributed by atoms with E-state index in [1.165, 1.54) is 12.7 Å². The van der Waals surface area contributed by atoms with Crippen LogP contribution in [0, 0.1) is 7.14 Å². The first kappa shape index (κ1) is 13.0. The molecule has 2 nitrogen and oxygen atoms in total. The molecule has 1 aromatic rings. The molecular weight excluding hydrogens is 426 g/mol. The maximum Gasteiger partial charge on any atom is 0.0321 e. The molecule has 1 heterocycles. The summed E-state index contributed by atoms with van der Waals surface area (Å²) in [6, 6.07) is 7.33. The zero-order chi connectivity index (χ0) is 11.5. The van der Waals surface area contributed by atoms with Gasteiger partial charge in [-0.2, -0.15) is 0 Å². The van der Waals surface area contributed by atoms with Crippen molar-refractivity contribution in [2.45, 2.75) is 13.0 Å². The Balaban J connectivity index is 2.12. The molecule has 0 spiro atoms. The lowest BCUT2D eigenvalue weighted by molar-refractivity contribution is 0.185. The summed E-state index contributed by atoms with van der Waals surface area (Å²) in [6.07, 6.45) is 0. The van der Waals surface area contributed by atoms with E-state index in [1.807, 2.05) is 0 Å². The summed E-state index contributed by atoms with van der Waals surface area (Å²) >= 11 is 4.80. The molecule has 1 aliphatic rings. The van der Waals surface area contributed by atoms with Crippen molar-refractivity contribution in [3.8, 4) is 0 Å². The van der Waals surface area contributed by atoms with Crippen LogP contribution in [-0.4, -0.2) is 31.1 Å². The molecule has 2 rings (SSSR count). The van der Waals surface area contributed by atoms with Crippen molar-refractivity contribution in [2.75, 3.05) is 26.2 Å². The third kappa shape index (κ3) is 3.08. The van der Waals surface area contributed by atoms with E-state index < -0.39 is 0 Å². The van der Waals surface area contributed by atoms with Gasteiger partial charge in [0.05, 0.1) is 0 Å². The van der Waals surface area contributed by atoms with E-state index in [2.05, 4.69) is 80.5 Å². The molecule has 0 bridgehead atoms. The molecule has 1 unspecified atom stereocenters. The Bertz CT molecular complexity index is 362. The smallest absolute Gasteiger partial charge is 0.0321 e. The summed E-state index contributed by atoms with van der Waals surface area (Å²) in [5.41, 5.74) is 1.44. The predicted octanol–water partition coefficient (Wildman–Crippen LogP) is 2.86. The largest absolute Gasteiger partial charge is 0.314 e. The van der Waals surface area contributed by atoms with Crippen LogP contribution < -0.4 is 5.32 Å². The van der Waals surface area contributed by atoms with E-state index in [1.54, 1.807) is 0 Å². The summed E-state index contributed by atoms with van der Waals surface area (Å²) in [6.45, 7) is 6.86. The molecule has 16 heavy (non-hydrogen) atoms. The molecule has 1 aliphatic heterocycles. The average molecular weight is 442 g/mol. The fourth-order valence-electron chi connectivity index (χ4n) is 2.05. The van der Waals surface area contributed by atoms with Crippen molar-refractivity contribution in [2.24, 2.45) is 0 Å². The maximum atomic E-state index is 3.40. The van der Waals surface area contributed by atoms with Gasteiger partial charge in [0.25, 0.3) is 0 Å². The standard InChI is InChI=1S/C12H16I2N2/c1-9(16-6-4-15-5-7-16)10-2-3-11(13)12(14)8-10/h2-3,8-9,15H,4-7H2,1H3. The highest BCUT2D eigenvalue weighted by atomic mass is 127. The van der Waals surface area contributed by atoms with Crippen LogP contribution in [0.2, 0.25) is 0 Å². The fraction of sp³-hybridized carbons (Fsp3) is 0.500. The van der Waals surface area contributed by atoms with Crippen LogP contribution in [0.4, 0.5) is 0 Å². The second-order valence-electron chi connectivity index (χ2n) is 4.14. The minimum absolute atomic E-state index is 0.535. The molecule has 0 aromatic heterocycles. The number of hydrogen-bond donors (Lipinski definition) is 1. The average Bonchev–Trinajstić information content (AvgIpc) is 2.33. The van der Waals surface area contributed by atoms with E-state index in [9.17, 15) is 0 Å². The third-order valence-corrected chi connectivity index (χ3v) is 5.99. The van der Waals surface area contributed by atoms with Gasteiger partial charge in [-0.05, 0) is 69.8 Å². The van der Waals surface area contributed by atoms with Crippen molar-refractivity contribution in [1.82, 2.24) is 10.2 Å². The molecule has 88 valence electrons. The van der Waals surface area contributed by atoms with Crippen LogP contribution in [0.1, 0.15) is 18.5 Å². The molecule has 0 radical (unpaired) electrons. The van der Waals surface area contributed by atoms with E-state index in [-0.39, 0.29) is 0 Å². The van der Waals surface area contributed by atoms with Crippen LogP contribution >= 0.6 is 45.2 Å².